The van der Waals surface area contributed by atoms with E-state index in [9.17, 15) is 4.79 Å². The first kappa shape index (κ1) is 15.8. The Kier molecular flexibility index (Phi) is 5.13. The minimum atomic E-state index is -0.0796. The Labute approximate surface area is 137 Å². The summed E-state index contributed by atoms with van der Waals surface area (Å²) in [5.74, 6) is 0.577. The van der Waals surface area contributed by atoms with Gasteiger partial charge in [0, 0.05) is 13.1 Å². The number of piperidine rings is 1. The largest absolute Gasteiger partial charge is 0.469 e. The van der Waals surface area contributed by atoms with Crippen molar-refractivity contribution in [2.45, 2.75) is 39.3 Å². The van der Waals surface area contributed by atoms with Crippen molar-refractivity contribution in [1.82, 2.24) is 10.2 Å². The van der Waals surface area contributed by atoms with E-state index in [0.717, 1.165) is 6.54 Å². The summed E-state index contributed by atoms with van der Waals surface area (Å²) in [6.07, 6.45) is 5.48. The summed E-state index contributed by atoms with van der Waals surface area (Å²) in [6.45, 7) is 5.67. The molecule has 0 bridgehead atoms. The van der Waals surface area contributed by atoms with E-state index in [2.05, 4.69) is 28.4 Å². The van der Waals surface area contributed by atoms with Crippen LogP contribution < -0.4 is 5.32 Å². The molecule has 0 saturated carbocycles. The number of nitrogens with one attached hydrogen (secondary N) is 1. The van der Waals surface area contributed by atoms with Gasteiger partial charge in [0.25, 0.3) is 5.91 Å². The first-order valence-electron chi connectivity index (χ1n) is 8.35. The van der Waals surface area contributed by atoms with Gasteiger partial charge in [0.05, 0.1) is 11.8 Å². The van der Waals surface area contributed by atoms with Gasteiger partial charge in [-0.2, -0.15) is 0 Å². The molecule has 1 aromatic heterocycles. The molecule has 2 aromatic rings. The fourth-order valence-corrected chi connectivity index (χ4v) is 3.13. The molecular formula is C19H24N2O2. The lowest BCUT2D eigenvalue weighted by Gasteiger charge is -2.27. The summed E-state index contributed by atoms with van der Waals surface area (Å²) < 4.78 is 5.19. The van der Waals surface area contributed by atoms with E-state index < -0.39 is 0 Å². The van der Waals surface area contributed by atoms with E-state index in [0.29, 0.717) is 17.9 Å². The van der Waals surface area contributed by atoms with Crippen molar-refractivity contribution in [2.75, 3.05) is 13.1 Å². The van der Waals surface area contributed by atoms with Crippen molar-refractivity contribution in [1.29, 1.82) is 0 Å². The highest BCUT2D eigenvalue weighted by Gasteiger charge is 2.14. The molecule has 1 aromatic carbocycles. The smallest absolute Gasteiger partial charge is 0.255 e. The van der Waals surface area contributed by atoms with Crippen molar-refractivity contribution >= 4 is 5.91 Å². The van der Waals surface area contributed by atoms with Crippen LogP contribution in [0.25, 0.3) is 0 Å². The molecule has 4 nitrogen and oxygen atoms in total. The molecule has 0 spiro atoms. The average molecular weight is 312 g/mol. The Morgan fingerprint density at radius 3 is 2.57 bits per heavy atom. The molecule has 1 fully saturated rings. The van der Waals surface area contributed by atoms with Crippen molar-refractivity contribution < 1.29 is 9.21 Å². The highest BCUT2D eigenvalue weighted by Crippen LogP contribution is 2.16. The van der Waals surface area contributed by atoms with Crippen LogP contribution in [-0.2, 0) is 13.1 Å². The van der Waals surface area contributed by atoms with Gasteiger partial charge in [-0.1, -0.05) is 30.7 Å². The minimum absolute atomic E-state index is 0.0796. The van der Waals surface area contributed by atoms with Crippen molar-refractivity contribution in [3.05, 3.63) is 59.0 Å². The van der Waals surface area contributed by atoms with Crippen LogP contribution >= 0.6 is 0 Å². The van der Waals surface area contributed by atoms with Crippen LogP contribution in [0.5, 0.6) is 0 Å². The van der Waals surface area contributed by atoms with E-state index >= 15 is 0 Å². The summed E-state index contributed by atoms with van der Waals surface area (Å²) in [4.78, 5) is 14.7. The van der Waals surface area contributed by atoms with Crippen molar-refractivity contribution in [2.24, 2.45) is 0 Å². The standard InChI is InChI=1S/C19H24N2O2/c1-15-18(9-12-23-15)19(22)20-13-16-7-3-4-8-17(16)14-21-10-5-2-6-11-21/h3-4,7-9,12H,2,5-6,10-11,13-14H2,1H3,(H,20,22). The van der Waals surface area contributed by atoms with Crippen LogP contribution in [0.2, 0.25) is 0 Å². The number of rotatable bonds is 5. The second-order valence-corrected chi connectivity index (χ2v) is 6.18. The second-order valence-electron chi connectivity index (χ2n) is 6.18. The highest BCUT2D eigenvalue weighted by atomic mass is 16.3. The van der Waals surface area contributed by atoms with Crippen LogP contribution in [0.15, 0.2) is 41.0 Å². The van der Waals surface area contributed by atoms with Gasteiger partial charge in [-0.25, -0.2) is 0 Å². The van der Waals surface area contributed by atoms with E-state index in [1.807, 2.05) is 6.07 Å². The molecule has 4 heteroatoms. The summed E-state index contributed by atoms with van der Waals surface area (Å²) in [7, 11) is 0. The third-order valence-corrected chi connectivity index (χ3v) is 4.50. The molecule has 0 radical (unpaired) electrons. The van der Waals surface area contributed by atoms with Gasteiger partial charge in [0.15, 0.2) is 0 Å². The van der Waals surface area contributed by atoms with Crippen LogP contribution in [0.3, 0.4) is 0 Å². The zero-order valence-corrected chi connectivity index (χ0v) is 13.7. The fourth-order valence-electron chi connectivity index (χ4n) is 3.13. The zero-order chi connectivity index (χ0) is 16.1. The van der Waals surface area contributed by atoms with Gasteiger partial charge < -0.3 is 9.73 Å². The van der Waals surface area contributed by atoms with Crippen LogP contribution in [0.1, 0.15) is 46.5 Å². The number of nitrogens with zero attached hydrogens (tertiary/aromatic N) is 1. The van der Waals surface area contributed by atoms with Crippen molar-refractivity contribution in [3.8, 4) is 0 Å². The normalized spacial score (nSPS) is 15.5. The average Bonchev–Trinajstić information content (AvgIpc) is 3.01. The van der Waals surface area contributed by atoms with Crippen LogP contribution in [0, 0.1) is 6.92 Å². The maximum Gasteiger partial charge on any atom is 0.255 e. The van der Waals surface area contributed by atoms with Gasteiger partial charge in [-0.15, -0.1) is 0 Å². The molecule has 23 heavy (non-hydrogen) atoms. The van der Waals surface area contributed by atoms with E-state index in [1.165, 1.54) is 43.5 Å². The first-order chi connectivity index (χ1) is 11.2. The lowest BCUT2D eigenvalue weighted by molar-refractivity contribution is 0.0949. The molecular weight excluding hydrogens is 288 g/mol. The van der Waals surface area contributed by atoms with Crippen LogP contribution in [-0.4, -0.2) is 23.9 Å². The maximum atomic E-state index is 12.2. The van der Waals surface area contributed by atoms with Gasteiger partial charge in [0.1, 0.15) is 5.76 Å². The molecule has 122 valence electrons. The van der Waals surface area contributed by atoms with E-state index in [-0.39, 0.29) is 5.91 Å². The van der Waals surface area contributed by atoms with Crippen LogP contribution in [0.4, 0.5) is 0 Å². The molecule has 2 heterocycles. The third kappa shape index (κ3) is 4.02. The molecule has 1 N–H and O–H groups in total. The lowest BCUT2D eigenvalue weighted by atomic mass is 10.0. The molecule has 1 amide bonds. The summed E-state index contributed by atoms with van der Waals surface area (Å²) in [6, 6.07) is 10.1. The Morgan fingerprint density at radius 2 is 1.87 bits per heavy atom. The second kappa shape index (κ2) is 7.47. The molecule has 0 aliphatic carbocycles. The molecule has 1 aliphatic heterocycles. The number of hydrogen-bond donors (Lipinski definition) is 1. The first-order valence-corrected chi connectivity index (χ1v) is 8.35. The highest BCUT2D eigenvalue weighted by molar-refractivity contribution is 5.94. The number of carbonyl (C=O) groups excluding carboxylic acids is 1. The predicted octanol–water partition coefficient (Wildman–Crippen LogP) is 3.50. The van der Waals surface area contributed by atoms with E-state index in [1.54, 1.807) is 19.3 Å². The zero-order valence-electron chi connectivity index (χ0n) is 13.7. The molecule has 1 saturated heterocycles. The van der Waals surface area contributed by atoms with Gasteiger partial charge >= 0.3 is 0 Å². The summed E-state index contributed by atoms with van der Waals surface area (Å²) in [5.41, 5.74) is 3.10. The fraction of sp³-hybridized carbons (Fsp3) is 0.421. The Bertz CT molecular complexity index is 657. The van der Waals surface area contributed by atoms with Crippen molar-refractivity contribution in [3.63, 3.8) is 0 Å². The summed E-state index contributed by atoms with van der Waals surface area (Å²) >= 11 is 0. The van der Waals surface area contributed by atoms with Gasteiger partial charge in [-0.05, 0) is 50.0 Å². The molecule has 0 atom stereocenters. The Hall–Kier alpha value is -2.07. The maximum absolute atomic E-state index is 12.2. The number of benzene rings is 1. The predicted molar refractivity (Wildman–Crippen MR) is 90.2 cm³/mol. The number of likely N-dealkylation sites (tertiary alicyclic amines) is 1. The monoisotopic (exact) mass is 312 g/mol. The topological polar surface area (TPSA) is 45.5 Å². The third-order valence-electron chi connectivity index (χ3n) is 4.50. The van der Waals surface area contributed by atoms with Gasteiger partial charge in [0.2, 0.25) is 0 Å². The number of aryl methyl sites for hydroxylation is 1. The SMILES string of the molecule is Cc1occc1C(=O)NCc1ccccc1CN1CCCCC1. The molecule has 1 aliphatic rings. The Balaban J connectivity index is 1.63. The number of carbonyl (C=O) groups is 1. The number of hydrogen-bond acceptors (Lipinski definition) is 3. The van der Waals surface area contributed by atoms with E-state index in [4.69, 9.17) is 4.42 Å². The minimum Gasteiger partial charge on any atom is -0.469 e. The number of amides is 1. The molecule has 3 rings (SSSR count). The summed E-state index contributed by atoms with van der Waals surface area (Å²) in [5, 5.41) is 3.00. The number of furan rings is 1. The lowest BCUT2D eigenvalue weighted by Crippen LogP contribution is -2.30. The van der Waals surface area contributed by atoms with Gasteiger partial charge in [-0.3, -0.25) is 9.69 Å². The molecule has 0 unspecified atom stereocenters. The Morgan fingerprint density at radius 1 is 1.13 bits per heavy atom. The quantitative estimate of drug-likeness (QED) is 0.919.